The van der Waals surface area contributed by atoms with E-state index in [0.29, 0.717) is 12.3 Å². The Balaban J connectivity index is -0.000000175. The Kier molecular flexibility index (Phi) is 39.0. The molecule has 0 aromatic carbocycles. The van der Waals surface area contributed by atoms with E-state index in [9.17, 15) is 4.79 Å². The van der Waals surface area contributed by atoms with E-state index in [2.05, 4.69) is 25.7 Å². The van der Waals surface area contributed by atoms with Crippen molar-refractivity contribution in [2.75, 3.05) is 13.7 Å². The van der Waals surface area contributed by atoms with Gasteiger partial charge in [-0.25, -0.2) is 0 Å². The summed E-state index contributed by atoms with van der Waals surface area (Å²) in [5.41, 5.74) is 0.752. The molecule has 0 bridgehead atoms. The van der Waals surface area contributed by atoms with Crippen LogP contribution < -0.4 is 5.32 Å². The summed E-state index contributed by atoms with van der Waals surface area (Å²) in [6, 6.07) is 0. The Morgan fingerprint density at radius 3 is 1.74 bits per heavy atom. The van der Waals surface area contributed by atoms with Gasteiger partial charge in [-0.15, -0.1) is 0 Å². The third kappa shape index (κ3) is 32.4. The molecule has 0 fully saturated rings. The zero-order valence-electron chi connectivity index (χ0n) is 19.4. The van der Waals surface area contributed by atoms with Crippen LogP contribution in [0.25, 0.3) is 0 Å². The number of carbonyl (C=O) groups is 1. The Morgan fingerprint density at radius 1 is 1.00 bits per heavy atom. The predicted molar refractivity (Wildman–Crippen MR) is 121 cm³/mol. The van der Waals surface area contributed by atoms with Crippen molar-refractivity contribution in [1.29, 1.82) is 0 Å². The maximum atomic E-state index is 10.6. The highest BCUT2D eigenvalue weighted by atomic mass is 16.5. The summed E-state index contributed by atoms with van der Waals surface area (Å²) >= 11 is 0. The van der Waals surface area contributed by atoms with Crippen molar-refractivity contribution in [2.45, 2.75) is 93.4 Å². The zero-order valence-corrected chi connectivity index (χ0v) is 19.4. The molecule has 27 heavy (non-hydrogen) atoms. The minimum atomic E-state index is -0.121. The van der Waals surface area contributed by atoms with E-state index in [0.717, 1.165) is 11.8 Å². The number of rotatable bonds is 11. The van der Waals surface area contributed by atoms with Gasteiger partial charge in [-0.2, -0.15) is 0 Å². The molecule has 0 heterocycles. The fourth-order valence-corrected chi connectivity index (χ4v) is 1.77. The standard InChI is InChI=1S/C10H15NO3.C9H20.2C2H6/c1-4-9(6-11-8(2)13)5-10(7-12)14-3;1-3-5-7-9-8-6-4-2;2*1-2/h4-5,7,12H,1,6H2,2-3H3,(H,11,13);3-9H2,1-2H3;2*1-2H3/b9-5+,10-7-;;;. The summed E-state index contributed by atoms with van der Waals surface area (Å²) in [5, 5.41) is 11.3. The van der Waals surface area contributed by atoms with E-state index in [4.69, 9.17) is 9.84 Å². The van der Waals surface area contributed by atoms with Gasteiger partial charge in [-0.1, -0.05) is 99.1 Å². The van der Waals surface area contributed by atoms with Gasteiger partial charge >= 0.3 is 0 Å². The Bertz CT molecular complexity index is 355. The van der Waals surface area contributed by atoms with Crippen LogP contribution in [0.2, 0.25) is 0 Å². The summed E-state index contributed by atoms with van der Waals surface area (Å²) in [4.78, 5) is 10.6. The molecule has 0 aromatic rings. The number of carbonyl (C=O) groups excluding carboxylic acids is 1. The first-order chi connectivity index (χ1) is 13.0. The van der Waals surface area contributed by atoms with Crippen LogP contribution in [-0.2, 0) is 9.53 Å². The first-order valence-corrected chi connectivity index (χ1v) is 10.5. The first-order valence-electron chi connectivity index (χ1n) is 10.5. The number of allylic oxidation sites excluding steroid dienone is 1. The van der Waals surface area contributed by atoms with E-state index in [1.165, 1.54) is 59.0 Å². The quantitative estimate of drug-likeness (QED) is 0.227. The third-order valence-corrected chi connectivity index (χ3v) is 3.20. The summed E-state index contributed by atoms with van der Waals surface area (Å²) in [5.74, 6) is 0.190. The van der Waals surface area contributed by atoms with Crippen LogP contribution in [-0.4, -0.2) is 24.7 Å². The maximum absolute atomic E-state index is 10.6. The lowest BCUT2D eigenvalue weighted by Gasteiger charge is -2.04. The van der Waals surface area contributed by atoms with Gasteiger partial charge in [0, 0.05) is 13.5 Å². The number of unbranched alkanes of at least 4 members (excludes halogenated alkanes) is 6. The molecule has 1 amide bonds. The molecule has 162 valence electrons. The van der Waals surface area contributed by atoms with Crippen LogP contribution in [0.5, 0.6) is 0 Å². The lowest BCUT2D eigenvalue weighted by atomic mass is 10.1. The molecule has 0 spiro atoms. The van der Waals surface area contributed by atoms with Gasteiger partial charge in [0.25, 0.3) is 0 Å². The SMILES string of the molecule is C=C/C(=C\C(=C\O)OC)CNC(C)=O.CC.CC.CCCCCCCCC. The molecular weight excluding hydrogens is 338 g/mol. The molecule has 0 saturated carbocycles. The Morgan fingerprint density at radius 2 is 1.44 bits per heavy atom. The number of aliphatic hydroxyl groups excluding tert-OH is 1. The molecule has 0 aliphatic carbocycles. The molecule has 0 atom stereocenters. The van der Waals surface area contributed by atoms with Crippen LogP contribution in [0.1, 0.15) is 93.4 Å². The van der Waals surface area contributed by atoms with Crippen LogP contribution >= 0.6 is 0 Å². The van der Waals surface area contributed by atoms with Crippen molar-refractivity contribution < 1.29 is 14.6 Å². The van der Waals surface area contributed by atoms with Crippen molar-refractivity contribution >= 4 is 5.91 Å². The summed E-state index contributed by atoms with van der Waals surface area (Å²) in [6.45, 7) is 17.9. The number of nitrogens with one attached hydrogen (secondary N) is 1. The second-order valence-corrected chi connectivity index (χ2v) is 5.34. The fourth-order valence-electron chi connectivity index (χ4n) is 1.77. The second kappa shape index (κ2) is 32.0. The van der Waals surface area contributed by atoms with Crippen molar-refractivity contribution in [3.05, 3.63) is 36.3 Å². The largest absolute Gasteiger partial charge is 0.512 e. The molecule has 4 heteroatoms. The molecule has 0 aliphatic heterocycles. The average Bonchev–Trinajstić information content (AvgIpc) is 2.71. The fraction of sp³-hybridized carbons (Fsp3) is 0.696. The van der Waals surface area contributed by atoms with E-state index < -0.39 is 0 Å². The van der Waals surface area contributed by atoms with E-state index >= 15 is 0 Å². The third-order valence-electron chi connectivity index (χ3n) is 3.20. The van der Waals surface area contributed by atoms with E-state index in [1.54, 1.807) is 12.2 Å². The van der Waals surface area contributed by atoms with Crippen molar-refractivity contribution in [2.24, 2.45) is 0 Å². The zero-order chi connectivity index (χ0) is 21.9. The molecule has 0 aliphatic rings. The normalized spacial score (nSPS) is 10.1. The summed E-state index contributed by atoms with van der Waals surface area (Å²) in [7, 11) is 1.44. The average molecular weight is 386 g/mol. The molecule has 0 rings (SSSR count). The maximum Gasteiger partial charge on any atom is 0.217 e. The minimum Gasteiger partial charge on any atom is -0.512 e. The van der Waals surface area contributed by atoms with Gasteiger partial charge in [0.2, 0.25) is 5.91 Å². The van der Waals surface area contributed by atoms with E-state index in [-0.39, 0.29) is 5.91 Å². The molecule has 0 saturated heterocycles. The molecule has 4 nitrogen and oxygen atoms in total. The summed E-state index contributed by atoms with van der Waals surface area (Å²) < 4.78 is 4.81. The predicted octanol–water partition coefficient (Wildman–Crippen LogP) is 7.09. The van der Waals surface area contributed by atoms with Crippen LogP contribution in [0.3, 0.4) is 0 Å². The molecule has 2 N–H and O–H groups in total. The first kappa shape index (κ1) is 32.9. The minimum absolute atomic E-state index is 0.121. The number of amides is 1. The topological polar surface area (TPSA) is 58.6 Å². The number of hydrogen-bond acceptors (Lipinski definition) is 3. The monoisotopic (exact) mass is 385 g/mol. The lowest BCUT2D eigenvalue weighted by Crippen LogP contribution is -2.21. The summed E-state index contributed by atoms with van der Waals surface area (Å²) in [6.07, 6.45) is 14.0. The number of aliphatic hydroxyl groups is 1. The van der Waals surface area contributed by atoms with Gasteiger partial charge in [0.15, 0.2) is 5.76 Å². The Labute approximate surface area is 169 Å². The van der Waals surface area contributed by atoms with Crippen LogP contribution in [0, 0.1) is 0 Å². The van der Waals surface area contributed by atoms with Crippen molar-refractivity contribution in [1.82, 2.24) is 5.32 Å². The highest BCUT2D eigenvalue weighted by molar-refractivity contribution is 5.73. The molecular formula is C23H47NO3. The van der Waals surface area contributed by atoms with E-state index in [1.807, 2.05) is 27.7 Å². The number of methoxy groups -OCH3 is 1. The highest BCUT2D eigenvalue weighted by Crippen LogP contribution is 2.05. The molecule has 0 unspecified atom stereocenters. The van der Waals surface area contributed by atoms with Crippen LogP contribution in [0.15, 0.2) is 36.3 Å². The van der Waals surface area contributed by atoms with Gasteiger partial charge in [0.1, 0.15) is 6.26 Å². The second-order valence-electron chi connectivity index (χ2n) is 5.34. The number of hydrogen-bond donors (Lipinski definition) is 2. The highest BCUT2D eigenvalue weighted by Gasteiger charge is 1.97. The van der Waals surface area contributed by atoms with Crippen molar-refractivity contribution in [3.8, 4) is 0 Å². The smallest absolute Gasteiger partial charge is 0.217 e. The van der Waals surface area contributed by atoms with Gasteiger partial charge in [-0.3, -0.25) is 4.79 Å². The van der Waals surface area contributed by atoms with Crippen molar-refractivity contribution in [3.63, 3.8) is 0 Å². The Hall–Kier alpha value is -1.71. The van der Waals surface area contributed by atoms with Crippen LogP contribution in [0.4, 0.5) is 0 Å². The molecule has 0 radical (unpaired) electrons. The number of ether oxygens (including phenoxy) is 1. The molecule has 0 aromatic heterocycles. The van der Waals surface area contributed by atoms with Gasteiger partial charge in [-0.05, 0) is 11.6 Å². The van der Waals surface area contributed by atoms with Gasteiger partial charge in [0.05, 0.1) is 7.11 Å². The van der Waals surface area contributed by atoms with Gasteiger partial charge < -0.3 is 15.2 Å². The lowest BCUT2D eigenvalue weighted by molar-refractivity contribution is -0.118.